The van der Waals surface area contributed by atoms with Crippen molar-refractivity contribution in [3.05, 3.63) is 22.8 Å². The molecule has 23 heavy (non-hydrogen) atoms. The molecular weight excluding hydrogens is 316 g/mol. The van der Waals surface area contributed by atoms with Crippen LogP contribution in [0.3, 0.4) is 0 Å². The lowest BCUT2D eigenvalue weighted by Gasteiger charge is -2.33. The van der Waals surface area contributed by atoms with Crippen molar-refractivity contribution in [3.8, 4) is 0 Å². The Balaban J connectivity index is 1.70. The molecule has 0 unspecified atom stereocenters. The fraction of sp³-hybridized carbons (Fsp3) is 0.562. The van der Waals surface area contributed by atoms with E-state index in [1.54, 1.807) is 11.0 Å². The van der Waals surface area contributed by atoms with Crippen LogP contribution >= 0.6 is 11.6 Å². The molecule has 1 saturated carbocycles. The van der Waals surface area contributed by atoms with E-state index < -0.39 is 0 Å². The first-order valence-electron chi connectivity index (χ1n) is 7.89. The normalized spacial score (nSPS) is 24.0. The standard InChI is InChI=1S/C16H21ClN4O2/c1-21(2)15-11(17)7-10(8-18-15)16(23)19-12-5-6-13(22)20-14(12)9-3-4-9/h7-9,12,14H,3-6H2,1-2H3,(H,19,23)(H,20,22)/t12-,14+/m1/s1. The summed E-state index contributed by atoms with van der Waals surface area (Å²) in [6, 6.07) is 1.65. The third-order valence-electron chi connectivity index (χ3n) is 4.40. The number of piperidine rings is 1. The molecule has 1 aromatic rings. The Kier molecular flexibility index (Phi) is 4.43. The summed E-state index contributed by atoms with van der Waals surface area (Å²) in [4.78, 5) is 30.1. The lowest BCUT2D eigenvalue weighted by Crippen LogP contribution is -2.56. The molecule has 0 spiro atoms. The fourth-order valence-corrected chi connectivity index (χ4v) is 3.36. The van der Waals surface area contributed by atoms with Gasteiger partial charge in [-0.05, 0) is 31.2 Å². The van der Waals surface area contributed by atoms with E-state index in [9.17, 15) is 9.59 Å². The molecule has 1 saturated heterocycles. The molecule has 2 fully saturated rings. The molecule has 0 radical (unpaired) electrons. The van der Waals surface area contributed by atoms with Crippen molar-refractivity contribution in [1.29, 1.82) is 0 Å². The van der Waals surface area contributed by atoms with E-state index in [0.717, 1.165) is 12.8 Å². The maximum atomic E-state index is 12.5. The maximum Gasteiger partial charge on any atom is 0.253 e. The largest absolute Gasteiger partial charge is 0.362 e. The molecule has 2 heterocycles. The number of nitrogens with one attached hydrogen (secondary N) is 2. The van der Waals surface area contributed by atoms with Crippen molar-refractivity contribution in [3.63, 3.8) is 0 Å². The number of carbonyl (C=O) groups excluding carboxylic acids is 2. The summed E-state index contributed by atoms with van der Waals surface area (Å²) in [7, 11) is 3.69. The molecule has 2 aliphatic rings. The lowest BCUT2D eigenvalue weighted by molar-refractivity contribution is -0.124. The third kappa shape index (κ3) is 3.58. The van der Waals surface area contributed by atoms with Crippen molar-refractivity contribution >= 4 is 29.2 Å². The first-order chi connectivity index (χ1) is 11.0. The van der Waals surface area contributed by atoms with E-state index in [1.807, 2.05) is 14.1 Å². The number of hydrogen-bond donors (Lipinski definition) is 2. The minimum Gasteiger partial charge on any atom is -0.362 e. The van der Waals surface area contributed by atoms with E-state index in [1.165, 1.54) is 6.20 Å². The van der Waals surface area contributed by atoms with Crippen molar-refractivity contribution in [2.45, 2.75) is 37.8 Å². The van der Waals surface area contributed by atoms with Crippen molar-refractivity contribution < 1.29 is 9.59 Å². The van der Waals surface area contributed by atoms with Crippen LogP contribution in [-0.4, -0.2) is 43.0 Å². The molecule has 2 atom stereocenters. The minimum absolute atomic E-state index is 0.0278. The van der Waals surface area contributed by atoms with Gasteiger partial charge in [0, 0.05) is 26.7 Å². The van der Waals surface area contributed by atoms with Crippen LogP contribution in [0, 0.1) is 5.92 Å². The molecule has 0 aromatic carbocycles. The number of amides is 2. The van der Waals surface area contributed by atoms with Crippen LogP contribution in [0.4, 0.5) is 5.82 Å². The van der Waals surface area contributed by atoms with Gasteiger partial charge in [-0.2, -0.15) is 0 Å². The number of rotatable bonds is 4. The number of anilines is 1. The Morgan fingerprint density at radius 1 is 1.39 bits per heavy atom. The highest BCUT2D eigenvalue weighted by Crippen LogP contribution is 2.36. The molecule has 2 amide bonds. The van der Waals surface area contributed by atoms with Gasteiger partial charge in [-0.1, -0.05) is 11.6 Å². The molecule has 1 aromatic heterocycles. The van der Waals surface area contributed by atoms with E-state index in [0.29, 0.717) is 35.2 Å². The third-order valence-corrected chi connectivity index (χ3v) is 4.68. The summed E-state index contributed by atoms with van der Waals surface area (Å²) in [5, 5.41) is 6.50. The second-order valence-electron chi connectivity index (χ2n) is 6.47. The van der Waals surface area contributed by atoms with Gasteiger partial charge in [0.05, 0.1) is 22.7 Å². The molecule has 6 nitrogen and oxygen atoms in total. The molecule has 2 N–H and O–H groups in total. The number of aromatic nitrogens is 1. The highest BCUT2D eigenvalue weighted by molar-refractivity contribution is 6.33. The zero-order chi connectivity index (χ0) is 16.6. The van der Waals surface area contributed by atoms with Gasteiger partial charge in [0.2, 0.25) is 5.91 Å². The van der Waals surface area contributed by atoms with Gasteiger partial charge in [-0.3, -0.25) is 9.59 Å². The first kappa shape index (κ1) is 16.1. The predicted octanol–water partition coefficient (Wildman–Crippen LogP) is 1.59. The highest BCUT2D eigenvalue weighted by atomic mass is 35.5. The molecular formula is C16H21ClN4O2. The summed E-state index contributed by atoms with van der Waals surface area (Å²) in [6.07, 6.45) is 4.89. The first-order valence-corrected chi connectivity index (χ1v) is 8.26. The monoisotopic (exact) mass is 336 g/mol. The zero-order valence-corrected chi connectivity index (χ0v) is 14.1. The number of pyridine rings is 1. The topological polar surface area (TPSA) is 74.3 Å². The number of halogens is 1. The molecule has 7 heteroatoms. The summed E-state index contributed by atoms with van der Waals surface area (Å²) in [5.74, 6) is 0.996. The van der Waals surface area contributed by atoms with Gasteiger partial charge in [0.1, 0.15) is 5.82 Å². The van der Waals surface area contributed by atoms with E-state index in [-0.39, 0.29) is 23.9 Å². The average molecular weight is 337 g/mol. The predicted molar refractivity (Wildman–Crippen MR) is 88.7 cm³/mol. The van der Waals surface area contributed by atoms with E-state index in [4.69, 9.17) is 11.6 Å². The molecule has 3 rings (SSSR count). The van der Waals surface area contributed by atoms with Crippen LogP contribution in [0.5, 0.6) is 0 Å². The van der Waals surface area contributed by atoms with Crippen LogP contribution in [0.25, 0.3) is 0 Å². The summed E-state index contributed by atoms with van der Waals surface area (Å²) < 4.78 is 0. The van der Waals surface area contributed by atoms with Gasteiger partial charge in [0.25, 0.3) is 5.91 Å². The summed E-state index contributed by atoms with van der Waals surface area (Å²) in [6.45, 7) is 0. The molecule has 1 aliphatic heterocycles. The van der Waals surface area contributed by atoms with Crippen LogP contribution in [0.15, 0.2) is 12.3 Å². The Morgan fingerprint density at radius 2 is 2.13 bits per heavy atom. The van der Waals surface area contributed by atoms with Crippen LogP contribution in [0.1, 0.15) is 36.0 Å². The lowest BCUT2D eigenvalue weighted by atomic mass is 9.94. The van der Waals surface area contributed by atoms with Crippen LogP contribution in [-0.2, 0) is 4.79 Å². The quantitative estimate of drug-likeness (QED) is 0.875. The van der Waals surface area contributed by atoms with Gasteiger partial charge >= 0.3 is 0 Å². The second-order valence-corrected chi connectivity index (χ2v) is 6.88. The van der Waals surface area contributed by atoms with Crippen LogP contribution < -0.4 is 15.5 Å². The fourth-order valence-electron chi connectivity index (χ4n) is 3.02. The summed E-state index contributed by atoms with van der Waals surface area (Å²) in [5.41, 5.74) is 0.437. The number of carbonyl (C=O) groups is 2. The van der Waals surface area contributed by atoms with Crippen molar-refractivity contribution in [1.82, 2.24) is 15.6 Å². The molecule has 124 valence electrons. The van der Waals surface area contributed by atoms with E-state index >= 15 is 0 Å². The Bertz CT molecular complexity index is 631. The smallest absolute Gasteiger partial charge is 0.253 e. The Hall–Kier alpha value is -1.82. The van der Waals surface area contributed by atoms with Crippen molar-refractivity contribution in [2.75, 3.05) is 19.0 Å². The minimum atomic E-state index is -0.198. The number of hydrogen-bond acceptors (Lipinski definition) is 4. The van der Waals surface area contributed by atoms with Crippen molar-refractivity contribution in [2.24, 2.45) is 5.92 Å². The SMILES string of the molecule is CN(C)c1ncc(C(=O)N[C@@H]2CCC(=O)N[C@H]2C2CC2)cc1Cl. The van der Waals surface area contributed by atoms with E-state index in [2.05, 4.69) is 15.6 Å². The zero-order valence-electron chi connectivity index (χ0n) is 13.3. The number of nitrogens with zero attached hydrogens (tertiary/aromatic N) is 2. The Morgan fingerprint density at radius 3 is 2.74 bits per heavy atom. The maximum absolute atomic E-state index is 12.5. The Labute approximate surface area is 140 Å². The van der Waals surface area contributed by atoms with Gasteiger partial charge < -0.3 is 15.5 Å². The molecule has 1 aliphatic carbocycles. The highest BCUT2D eigenvalue weighted by Gasteiger charge is 2.40. The molecule has 0 bridgehead atoms. The van der Waals surface area contributed by atoms with Crippen LogP contribution in [0.2, 0.25) is 5.02 Å². The average Bonchev–Trinajstić information content (AvgIpc) is 3.33. The second kappa shape index (κ2) is 6.35. The van der Waals surface area contributed by atoms with Gasteiger partial charge in [0.15, 0.2) is 0 Å². The summed E-state index contributed by atoms with van der Waals surface area (Å²) >= 11 is 6.18. The van der Waals surface area contributed by atoms with Gasteiger partial charge in [-0.15, -0.1) is 0 Å². The van der Waals surface area contributed by atoms with Gasteiger partial charge in [-0.25, -0.2) is 4.98 Å².